The van der Waals surface area contributed by atoms with E-state index >= 15 is 0 Å². The highest BCUT2D eigenvalue weighted by atomic mass is 79.9. The second-order valence-electron chi connectivity index (χ2n) is 4.90. The number of benzene rings is 2. The predicted octanol–water partition coefficient (Wildman–Crippen LogP) is 2.67. The molecular weight excluding hydrogens is 338 g/mol. The van der Waals surface area contributed by atoms with Crippen LogP contribution in [0.15, 0.2) is 28.7 Å². The van der Waals surface area contributed by atoms with E-state index in [2.05, 4.69) is 21.2 Å². The van der Waals surface area contributed by atoms with E-state index in [1.54, 1.807) is 25.1 Å². The molecule has 0 spiro atoms. The molecule has 0 aromatic heterocycles. The Balaban J connectivity index is 2.44. The first kappa shape index (κ1) is 13.8. The van der Waals surface area contributed by atoms with Gasteiger partial charge in [-0.2, -0.15) is 0 Å². The molecule has 2 N–H and O–H groups in total. The topological polar surface area (TPSA) is 83.5 Å². The molecular formula is C15H10BrNO4. The summed E-state index contributed by atoms with van der Waals surface area (Å²) in [5.41, 5.74) is 1.25. The van der Waals surface area contributed by atoms with Crippen LogP contribution in [0.5, 0.6) is 0 Å². The van der Waals surface area contributed by atoms with Crippen LogP contribution in [0.4, 0.5) is 0 Å². The summed E-state index contributed by atoms with van der Waals surface area (Å²) in [6.45, 7) is 1.55. The number of nitrogens with one attached hydrogen (secondary N) is 1. The standard InChI is InChI=1S/C15H10BrNO4/c1-6(15(20)21)9-5-10-11-7(12(9)16)3-2-4-8(11)13(18)17-14(10)19/h2-6H,1H3,(H,20,21)(H,17,18,19). The Morgan fingerprint density at radius 1 is 1.24 bits per heavy atom. The lowest BCUT2D eigenvalue weighted by molar-refractivity contribution is -0.138. The van der Waals surface area contributed by atoms with E-state index in [-0.39, 0.29) is 0 Å². The second kappa shape index (κ2) is 4.66. The summed E-state index contributed by atoms with van der Waals surface area (Å²) in [5, 5.41) is 12.7. The van der Waals surface area contributed by atoms with Crippen LogP contribution in [0.2, 0.25) is 0 Å². The fourth-order valence-corrected chi connectivity index (χ4v) is 3.31. The molecule has 0 bridgehead atoms. The number of hydrogen-bond acceptors (Lipinski definition) is 3. The zero-order valence-electron chi connectivity index (χ0n) is 10.9. The predicted molar refractivity (Wildman–Crippen MR) is 79.5 cm³/mol. The van der Waals surface area contributed by atoms with Gasteiger partial charge >= 0.3 is 5.97 Å². The van der Waals surface area contributed by atoms with E-state index < -0.39 is 23.7 Å². The van der Waals surface area contributed by atoms with Crippen LogP contribution >= 0.6 is 15.9 Å². The minimum atomic E-state index is -0.981. The van der Waals surface area contributed by atoms with Gasteiger partial charge in [0.2, 0.25) is 0 Å². The molecule has 3 rings (SSSR count). The van der Waals surface area contributed by atoms with Gasteiger partial charge in [0.25, 0.3) is 11.8 Å². The molecule has 2 aromatic carbocycles. The van der Waals surface area contributed by atoms with E-state index in [4.69, 9.17) is 0 Å². The number of hydrogen-bond donors (Lipinski definition) is 2. The lowest BCUT2D eigenvalue weighted by atomic mass is 9.89. The van der Waals surface area contributed by atoms with E-state index in [0.717, 1.165) is 0 Å². The number of carboxylic acids is 1. The van der Waals surface area contributed by atoms with Crippen molar-refractivity contribution in [3.63, 3.8) is 0 Å². The number of imide groups is 1. The Hall–Kier alpha value is -2.21. The van der Waals surface area contributed by atoms with Gasteiger partial charge in [-0.05, 0) is 45.9 Å². The van der Waals surface area contributed by atoms with Crippen molar-refractivity contribution in [1.29, 1.82) is 0 Å². The van der Waals surface area contributed by atoms with E-state index in [9.17, 15) is 19.5 Å². The van der Waals surface area contributed by atoms with E-state index in [0.29, 0.717) is 31.9 Å². The molecule has 6 heteroatoms. The van der Waals surface area contributed by atoms with Gasteiger partial charge in [-0.15, -0.1) is 0 Å². The molecule has 0 radical (unpaired) electrons. The summed E-state index contributed by atoms with van der Waals surface area (Å²) in [7, 11) is 0. The largest absolute Gasteiger partial charge is 0.481 e. The molecule has 0 saturated heterocycles. The average Bonchev–Trinajstić information content (AvgIpc) is 2.45. The van der Waals surface area contributed by atoms with Gasteiger partial charge in [0, 0.05) is 21.0 Å². The lowest BCUT2D eigenvalue weighted by Gasteiger charge is -2.20. The summed E-state index contributed by atoms with van der Waals surface area (Å²) in [4.78, 5) is 35.1. The molecule has 0 saturated carbocycles. The SMILES string of the molecule is CC(C(=O)O)c1cc2c3c(cccc3c1Br)C(=O)NC2=O. The van der Waals surface area contributed by atoms with Crippen molar-refractivity contribution in [2.75, 3.05) is 0 Å². The van der Waals surface area contributed by atoms with Gasteiger partial charge < -0.3 is 5.11 Å². The first-order chi connectivity index (χ1) is 9.91. The highest BCUT2D eigenvalue weighted by Crippen LogP contribution is 2.37. The van der Waals surface area contributed by atoms with Gasteiger partial charge in [0.05, 0.1) is 5.92 Å². The fourth-order valence-electron chi connectivity index (χ4n) is 2.53. The summed E-state index contributed by atoms with van der Waals surface area (Å²) < 4.78 is 0.598. The Kier molecular flexibility index (Phi) is 3.06. The van der Waals surface area contributed by atoms with Crippen LogP contribution < -0.4 is 5.32 Å². The Morgan fingerprint density at radius 3 is 2.57 bits per heavy atom. The molecule has 1 unspecified atom stereocenters. The zero-order valence-corrected chi connectivity index (χ0v) is 12.5. The fraction of sp³-hybridized carbons (Fsp3) is 0.133. The normalized spacial score (nSPS) is 15.0. The van der Waals surface area contributed by atoms with Crippen molar-refractivity contribution in [1.82, 2.24) is 5.32 Å². The average molecular weight is 348 g/mol. The van der Waals surface area contributed by atoms with Crippen LogP contribution in [0.3, 0.4) is 0 Å². The Morgan fingerprint density at radius 2 is 1.90 bits per heavy atom. The summed E-state index contributed by atoms with van der Waals surface area (Å²) >= 11 is 3.41. The van der Waals surface area contributed by atoms with Crippen molar-refractivity contribution >= 4 is 44.5 Å². The van der Waals surface area contributed by atoms with Crippen molar-refractivity contribution in [2.45, 2.75) is 12.8 Å². The molecule has 2 amide bonds. The number of halogens is 1. The third-order valence-corrected chi connectivity index (χ3v) is 4.56. The van der Waals surface area contributed by atoms with Crippen LogP contribution in [0, 0.1) is 0 Å². The maximum absolute atomic E-state index is 12.0. The molecule has 106 valence electrons. The summed E-state index contributed by atoms with van der Waals surface area (Å²) in [6.07, 6.45) is 0. The third kappa shape index (κ3) is 1.94. The first-order valence-corrected chi connectivity index (χ1v) is 7.04. The van der Waals surface area contributed by atoms with E-state index in [1.807, 2.05) is 0 Å². The summed E-state index contributed by atoms with van der Waals surface area (Å²) in [6, 6.07) is 6.64. The number of amides is 2. The minimum Gasteiger partial charge on any atom is -0.481 e. The molecule has 21 heavy (non-hydrogen) atoms. The molecule has 0 fully saturated rings. The van der Waals surface area contributed by atoms with Gasteiger partial charge in [0.1, 0.15) is 0 Å². The summed E-state index contributed by atoms with van der Waals surface area (Å²) in [5.74, 6) is -2.70. The van der Waals surface area contributed by atoms with Crippen LogP contribution in [-0.4, -0.2) is 22.9 Å². The van der Waals surface area contributed by atoms with Gasteiger partial charge in [-0.1, -0.05) is 12.1 Å². The number of aliphatic carboxylic acids is 1. The number of carbonyl (C=O) groups is 3. The molecule has 1 heterocycles. The molecule has 5 nitrogen and oxygen atoms in total. The molecule has 0 aliphatic carbocycles. The minimum absolute atomic E-state index is 0.325. The highest BCUT2D eigenvalue weighted by Gasteiger charge is 2.29. The van der Waals surface area contributed by atoms with E-state index in [1.165, 1.54) is 6.07 Å². The molecule has 1 aliphatic heterocycles. The molecule has 2 aromatic rings. The number of carboxylic acid groups (broad SMARTS) is 1. The quantitative estimate of drug-likeness (QED) is 0.818. The van der Waals surface area contributed by atoms with Crippen LogP contribution in [-0.2, 0) is 4.79 Å². The Bertz CT molecular complexity index is 828. The van der Waals surface area contributed by atoms with Crippen molar-refractivity contribution in [3.05, 3.63) is 45.4 Å². The highest BCUT2D eigenvalue weighted by molar-refractivity contribution is 9.10. The number of carbonyl (C=O) groups excluding carboxylic acids is 2. The van der Waals surface area contributed by atoms with Crippen LogP contribution in [0.1, 0.15) is 39.1 Å². The maximum Gasteiger partial charge on any atom is 0.310 e. The van der Waals surface area contributed by atoms with Gasteiger partial charge in [0.15, 0.2) is 0 Å². The van der Waals surface area contributed by atoms with Gasteiger partial charge in [-0.3, -0.25) is 19.7 Å². The first-order valence-electron chi connectivity index (χ1n) is 6.25. The van der Waals surface area contributed by atoms with Crippen molar-refractivity contribution in [3.8, 4) is 0 Å². The molecule has 1 atom stereocenters. The lowest BCUT2D eigenvalue weighted by Crippen LogP contribution is -2.35. The zero-order chi connectivity index (χ0) is 15.3. The maximum atomic E-state index is 12.0. The van der Waals surface area contributed by atoms with Gasteiger partial charge in [-0.25, -0.2) is 0 Å². The monoisotopic (exact) mass is 347 g/mol. The van der Waals surface area contributed by atoms with Crippen molar-refractivity contribution < 1.29 is 19.5 Å². The second-order valence-corrected chi connectivity index (χ2v) is 5.69. The van der Waals surface area contributed by atoms with Crippen LogP contribution in [0.25, 0.3) is 10.8 Å². The van der Waals surface area contributed by atoms with Crippen molar-refractivity contribution in [2.24, 2.45) is 0 Å². The number of rotatable bonds is 2. The molecule has 1 aliphatic rings. The smallest absolute Gasteiger partial charge is 0.310 e. The Labute approximate surface area is 128 Å². The third-order valence-electron chi connectivity index (χ3n) is 3.68.